The number of nitrogen functional groups attached to an aromatic ring is 1. The van der Waals surface area contributed by atoms with Crippen molar-refractivity contribution >= 4 is 27.5 Å². The number of alkyl halides is 1. The van der Waals surface area contributed by atoms with Gasteiger partial charge in [0.05, 0.1) is 5.56 Å². The van der Waals surface area contributed by atoms with Gasteiger partial charge in [-0.05, 0) is 31.0 Å². The lowest BCUT2D eigenvalue weighted by atomic mass is 10.1. The third-order valence-electron chi connectivity index (χ3n) is 2.29. The number of nitrogens with two attached hydrogens (primary N) is 2. The fourth-order valence-electron chi connectivity index (χ4n) is 1.36. The summed E-state index contributed by atoms with van der Waals surface area (Å²) in [5.41, 5.74) is 5.90. The molecule has 0 aliphatic carbocycles. The topological polar surface area (TPSA) is 72.4 Å². The van der Waals surface area contributed by atoms with E-state index >= 15 is 0 Å². The number of hydrogen-bond donors (Lipinski definition) is 2. The number of unbranched alkanes of at least 4 members (excludes halogenated alkanes) is 1. The molecule has 4 N–H and O–H groups in total. The molecule has 6 heteroatoms. The average molecular weight is 304 g/mol. The Kier molecular flexibility index (Phi) is 5.37. The predicted octanol–water partition coefficient (Wildman–Crippen LogP) is 1.90. The molecule has 0 aliphatic heterocycles. The molecule has 0 aromatic heterocycles. The Labute approximate surface area is 108 Å². The van der Waals surface area contributed by atoms with Crippen LogP contribution in [0.5, 0.6) is 0 Å². The van der Waals surface area contributed by atoms with Gasteiger partial charge in [0.15, 0.2) is 0 Å². The number of amides is 1. The Morgan fingerprint density at radius 2 is 2.12 bits per heavy atom. The van der Waals surface area contributed by atoms with E-state index in [2.05, 4.69) is 15.9 Å². The first kappa shape index (κ1) is 13.9. The van der Waals surface area contributed by atoms with Crippen molar-refractivity contribution < 1.29 is 9.18 Å². The number of halogens is 2. The highest BCUT2D eigenvalue weighted by atomic mass is 79.9. The molecule has 0 spiro atoms. The van der Waals surface area contributed by atoms with Crippen LogP contribution in [0.1, 0.15) is 23.2 Å². The van der Waals surface area contributed by atoms with Gasteiger partial charge in [-0.25, -0.2) is 10.2 Å². The molecule has 0 unspecified atom stereocenters. The highest BCUT2D eigenvalue weighted by Gasteiger charge is 2.15. The number of benzene rings is 1. The van der Waals surface area contributed by atoms with Crippen LogP contribution in [0.25, 0.3) is 0 Å². The van der Waals surface area contributed by atoms with Gasteiger partial charge in [-0.2, -0.15) is 0 Å². The third-order valence-corrected chi connectivity index (χ3v) is 2.85. The van der Waals surface area contributed by atoms with Crippen LogP contribution in [-0.4, -0.2) is 22.8 Å². The third kappa shape index (κ3) is 3.98. The number of anilines is 1. The summed E-state index contributed by atoms with van der Waals surface area (Å²) in [5, 5.41) is 1.97. The highest BCUT2D eigenvalue weighted by Crippen LogP contribution is 2.15. The van der Waals surface area contributed by atoms with Crippen molar-refractivity contribution in [2.24, 2.45) is 5.84 Å². The first-order chi connectivity index (χ1) is 8.06. The predicted molar refractivity (Wildman–Crippen MR) is 69.1 cm³/mol. The molecule has 0 heterocycles. The molecule has 1 aromatic carbocycles. The number of rotatable bonds is 5. The van der Waals surface area contributed by atoms with E-state index < -0.39 is 11.7 Å². The molecule has 0 saturated heterocycles. The van der Waals surface area contributed by atoms with E-state index in [1.165, 1.54) is 12.1 Å². The van der Waals surface area contributed by atoms with Crippen molar-refractivity contribution in [3.8, 4) is 0 Å². The smallest absolute Gasteiger partial charge is 0.269 e. The number of hydrogen-bond acceptors (Lipinski definition) is 3. The van der Waals surface area contributed by atoms with Crippen LogP contribution in [0, 0.1) is 5.82 Å². The minimum absolute atomic E-state index is 0.103. The highest BCUT2D eigenvalue weighted by molar-refractivity contribution is 9.09. The van der Waals surface area contributed by atoms with Gasteiger partial charge < -0.3 is 5.73 Å². The van der Waals surface area contributed by atoms with Gasteiger partial charge in [0.2, 0.25) is 0 Å². The van der Waals surface area contributed by atoms with Crippen LogP contribution in [0.3, 0.4) is 0 Å². The zero-order chi connectivity index (χ0) is 12.8. The maximum absolute atomic E-state index is 12.8. The summed E-state index contributed by atoms with van der Waals surface area (Å²) in [7, 11) is 0. The SMILES string of the molecule is Nc1cc(F)ccc1C(=O)N(N)CCCCBr. The Hall–Kier alpha value is -1.14. The van der Waals surface area contributed by atoms with Crippen LogP contribution in [0.4, 0.5) is 10.1 Å². The van der Waals surface area contributed by atoms with E-state index in [1.54, 1.807) is 0 Å². The number of hydrazine groups is 1. The average Bonchev–Trinajstić information content (AvgIpc) is 2.28. The van der Waals surface area contributed by atoms with Gasteiger partial charge in [-0.3, -0.25) is 9.80 Å². The van der Waals surface area contributed by atoms with E-state index in [0.29, 0.717) is 6.54 Å². The summed E-state index contributed by atoms with van der Waals surface area (Å²) in [4.78, 5) is 11.9. The molecule has 1 rings (SSSR count). The summed E-state index contributed by atoms with van der Waals surface area (Å²) < 4.78 is 12.8. The number of carbonyl (C=O) groups excluding carboxylic acids is 1. The van der Waals surface area contributed by atoms with Crippen LogP contribution in [0.2, 0.25) is 0 Å². The summed E-state index contributed by atoms with van der Waals surface area (Å²) in [5.74, 6) is 4.75. The van der Waals surface area contributed by atoms with Crippen molar-refractivity contribution in [3.63, 3.8) is 0 Å². The van der Waals surface area contributed by atoms with Crippen LogP contribution < -0.4 is 11.6 Å². The lowest BCUT2D eigenvalue weighted by Crippen LogP contribution is -2.38. The van der Waals surface area contributed by atoms with E-state index in [4.69, 9.17) is 11.6 Å². The first-order valence-electron chi connectivity index (χ1n) is 5.24. The first-order valence-corrected chi connectivity index (χ1v) is 6.36. The Bertz CT molecular complexity index is 400. The standard InChI is InChI=1S/C11H15BrFN3O/c12-5-1-2-6-16(15)11(17)9-4-3-8(13)7-10(9)14/h3-4,7H,1-2,5-6,14-15H2. The molecule has 0 saturated carbocycles. The van der Waals surface area contributed by atoms with Crippen molar-refractivity contribution in [3.05, 3.63) is 29.6 Å². The molecular weight excluding hydrogens is 289 g/mol. The lowest BCUT2D eigenvalue weighted by molar-refractivity contribution is 0.0754. The summed E-state index contributed by atoms with van der Waals surface area (Å²) in [6.45, 7) is 0.446. The Morgan fingerprint density at radius 3 is 2.71 bits per heavy atom. The second-order valence-electron chi connectivity index (χ2n) is 3.63. The van der Waals surface area contributed by atoms with E-state index in [1.807, 2.05) is 0 Å². The molecular formula is C11H15BrFN3O. The molecule has 17 heavy (non-hydrogen) atoms. The zero-order valence-corrected chi connectivity index (χ0v) is 10.9. The van der Waals surface area contributed by atoms with Gasteiger partial charge in [0, 0.05) is 17.6 Å². The number of nitrogens with zero attached hydrogens (tertiary/aromatic N) is 1. The molecule has 0 bridgehead atoms. The molecule has 0 fully saturated rings. The second-order valence-corrected chi connectivity index (χ2v) is 4.42. The largest absolute Gasteiger partial charge is 0.398 e. The van der Waals surface area contributed by atoms with Gasteiger partial charge in [0.1, 0.15) is 5.82 Å². The minimum atomic E-state index is -0.470. The Balaban J connectivity index is 2.68. The molecule has 1 amide bonds. The fraction of sp³-hybridized carbons (Fsp3) is 0.364. The van der Waals surface area contributed by atoms with Crippen LogP contribution in [0.15, 0.2) is 18.2 Å². The Morgan fingerprint density at radius 1 is 1.41 bits per heavy atom. The van der Waals surface area contributed by atoms with Crippen molar-refractivity contribution in [2.45, 2.75) is 12.8 Å². The molecule has 0 radical (unpaired) electrons. The number of carbonyl (C=O) groups is 1. The van der Waals surface area contributed by atoms with Gasteiger partial charge in [0.25, 0.3) is 5.91 Å². The summed E-state index contributed by atoms with van der Waals surface area (Å²) in [6.07, 6.45) is 1.73. The van der Waals surface area contributed by atoms with E-state index in [9.17, 15) is 9.18 Å². The van der Waals surface area contributed by atoms with Crippen molar-refractivity contribution in [1.29, 1.82) is 0 Å². The normalized spacial score (nSPS) is 10.3. The minimum Gasteiger partial charge on any atom is -0.398 e. The fourth-order valence-corrected chi connectivity index (χ4v) is 1.76. The molecule has 1 aromatic rings. The maximum atomic E-state index is 12.8. The van der Waals surface area contributed by atoms with Crippen LogP contribution in [-0.2, 0) is 0 Å². The summed E-state index contributed by atoms with van der Waals surface area (Å²) >= 11 is 3.30. The lowest BCUT2D eigenvalue weighted by Gasteiger charge is -2.17. The monoisotopic (exact) mass is 303 g/mol. The maximum Gasteiger partial charge on any atom is 0.269 e. The molecule has 0 atom stereocenters. The van der Waals surface area contributed by atoms with Crippen molar-refractivity contribution in [1.82, 2.24) is 5.01 Å². The second kappa shape index (κ2) is 6.56. The van der Waals surface area contributed by atoms with Gasteiger partial charge in [-0.15, -0.1) is 0 Å². The summed E-state index contributed by atoms with van der Waals surface area (Å²) in [6, 6.07) is 3.65. The van der Waals surface area contributed by atoms with Crippen molar-refractivity contribution in [2.75, 3.05) is 17.6 Å². The molecule has 94 valence electrons. The zero-order valence-electron chi connectivity index (χ0n) is 9.33. The van der Waals surface area contributed by atoms with E-state index in [0.717, 1.165) is 29.2 Å². The van der Waals surface area contributed by atoms with Gasteiger partial charge >= 0.3 is 0 Å². The van der Waals surface area contributed by atoms with Crippen LogP contribution >= 0.6 is 15.9 Å². The molecule has 4 nitrogen and oxygen atoms in total. The van der Waals surface area contributed by atoms with E-state index in [-0.39, 0.29) is 11.3 Å². The quantitative estimate of drug-likeness (QED) is 0.218. The molecule has 0 aliphatic rings. The van der Waals surface area contributed by atoms with Gasteiger partial charge in [-0.1, -0.05) is 15.9 Å².